The van der Waals surface area contributed by atoms with Crippen LogP contribution >= 0.6 is 0 Å². The van der Waals surface area contributed by atoms with Gasteiger partial charge in [0.05, 0.1) is 18.3 Å². The molecule has 1 unspecified atom stereocenters. The molecule has 1 aromatic carbocycles. The molecule has 0 aliphatic rings. The molecule has 1 aromatic heterocycles. The quantitative estimate of drug-likeness (QED) is 0.877. The zero-order valence-corrected chi connectivity index (χ0v) is 12.7. The molecule has 0 saturated heterocycles. The average Bonchev–Trinajstić information content (AvgIpc) is 2.78. The molecule has 20 heavy (non-hydrogen) atoms. The smallest absolute Gasteiger partial charge is 0.203 e. The van der Waals surface area contributed by atoms with Crippen molar-refractivity contribution in [3.63, 3.8) is 0 Å². The molecule has 2 rings (SSSR count). The fraction of sp³-hybridized carbons (Fsp3) is 0.438. The van der Waals surface area contributed by atoms with Crippen molar-refractivity contribution < 1.29 is 4.74 Å². The number of benzene rings is 1. The number of rotatable bonds is 6. The Morgan fingerprint density at radius 2 is 2.15 bits per heavy atom. The molecule has 0 aliphatic carbocycles. The fourth-order valence-electron chi connectivity index (χ4n) is 2.31. The summed E-state index contributed by atoms with van der Waals surface area (Å²) in [6.45, 7) is 7.69. The average molecular weight is 273 g/mol. The van der Waals surface area contributed by atoms with Gasteiger partial charge in [0.1, 0.15) is 0 Å². The monoisotopic (exact) mass is 273 g/mol. The fourth-order valence-corrected chi connectivity index (χ4v) is 2.31. The first-order valence-electron chi connectivity index (χ1n) is 6.94. The molecule has 0 aliphatic heterocycles. The van der Waals surface area contributed by atoms with Crippen LogP contribution in [-0.4, -0.2) is 23.3 Å². The molecule has 4 nitrogen and oxygen atoms in total. The van der Waals surface area contributed by atoms with Crippen molar-refractivity contribution in [2.75, 3.05) is 19.0 Å². The van der Waals surface area contributed by atoms with Gasteiger partial charge in [-0.15, -0.1) is 0 Å². The maximum atomic E-state index is 5.22. The van der Waals surface area contributed by atoms with Crippen molar-refractivity contribution >= 4 is 5.95 Å². The number of aromatic nitrogens is 2. The molecule has 0 bridgehead atoms. The summed E-state index contributed by atoms with van der Waals surface area (Å²) in [5.41, 5.74) is 3.55. The second kappa shape index (κ2) is 6.57. The first-order chi connectivity index (χ1) is 9.60. The Hall–Kier alpha value is -1.81. The Kier molecular flexibility index (Phi) is 4.79. The van der Waals surface area contributed by atoms with Gasteiger partial charge in [-0.05, 0) is 26.3 Å². The van der Waals surface area contributed by atoms with Gasteiger partial charge in [-0.1, -0.05) is 29.8 Å². The highest BCUT2D eigenvalue weighted by molar-refractivity contribution is 5.32. The minimum Gasteiger partial charge on any atom is -0.383 e. The number of imidazole rings is 1. The van der Waals surface area contributed by atoms with Gasteiger partial charge < -0.3 is 14.6 Å². The minimum absolute atomic E-state index is 0.265. The number of methoxy groups -OCH3 is 1. The van der Waals surface area contributed by atoms with E-state index in [1.807, 2.05) is 6.92 Å². The van der Waals surface area contributed by atoms with Gasteiger partial charge in [-0.2, -0.15) is 0 Å². The van der Waals surface area contributed by atoms with E-state index in [-0.39, 0.29) is 6.04 Å². The van der Waals surface area contributed by atoms with E-state index in [4.69, 9.17) is 4.74 Å². The molecule has 0 spiro atoms. The number of nitrogens with zero attached hydrogens (tertiary/aromatic N) is 2. The Morgan fingerprint density at radius 1 is 1.35 bits per heavy atom. The van der Waals surface area contributed by atoms with Crippen molar-refractivity contribution in [2.45, 2.75) is 33.4 Å². The van der Waals surface area contributed by atoms with Crippen LogP contribution in [0.4, 0.5) is 5.95 Å². The maximum absolute atomic E-state index is 5.22. The van der Waals surface area contributed by atoms with Gasteiger partial charge >= 0.3 is 0 Å². The summed E-state index contributed by atoms with van der Waals surface area (Å²) < 4.78 is 7.36. The van der Waals surface area contributed by atoms with Gasteiger partial charge in [0.2, 0.25) is 5.95 Å². The Balaban J connectivity index is 2.09. The highest BCUT2D eigenvalue weighted by Crippen LogP contribution is 2.17. The summed E-state index contributed by atoms with van der Waals surface area (Å²) in [6.07, 6.45) is 2.06. The molecule has 0 radical (unpaired) electrons. The maximum Gasteiger partial charge on any atom is 0.203 e. The molecule has 0 amide bonds. The Morgan fingerprint density at radius 3 is 2.85 bits per heavy atom. The molecule has 1 heterocycles. The predicted molar refractivity (Wildman–Crippen MR) is 82.1 cm³/mol. The summed E-state index contributed by atoms with van der Waals surface area (Å²) in [5.74, 6) is 0.897. The molecule has 1 atom stereocenters. The van der Waals surface area contributed by atoms with Gasteiger partial charge in [0.25, 0.3) is 0 Å². The van der Waals surface area contributed by atoms with E-state index < -0.39 is 0 Å². The van der Waals surface area contributed by atoms with Crippen LogP contribution in [0.25, 0.3) is 0 Å². The van der Waals surface area contributed by atoms with Crippen molar-refractivity contribution in [1.29, 1.82) is 0 Å². The lowest BCUT2D eigenvalue weighted by Gasteiger charge is -2.16. The Labute approximate surface area is 120 Å². The van der Waals surface area contributed by atoms with Crippen LogP contribution < -0.4 is 5.32 Å². The van der Waals surface area contributed by atoms with Crippen molar-refractivity contribution in [3.8, 4) is 0 Å². The van der Waals surface area contributed by atoms with Crippen LogP contribution in [0, 0.1) is 13.8 Å². The third kappa shape index (κ3) is 3.61. The van der Waals surface area contributed by atoms with Crippen LogP contribution in [-0.2, 0) is 11.3 Å². The largest absolute Gasteiger partial charge is 0.383 e. The van der Waals surface area contributed by atoms with Gasteiger partial charge in [0, 0.05) is 19.9 Å². The highest BCUT2D eigenvalue weighted by atomic mass is 16.5. The second-order valence-electron chi connectivity index (χ2n) is 5.26. The van der Waals surface area contributed by atoms with E-state index in [0.29, 0.717) is 6.61 Å². The first kappa shape index (κ1) is 14.6. The molecule has 4 heteroatoms. The van der Waals surface area contributed by atoms with Crippen molar-refractivity contribution in [3.05, 3.63) is 47.3 Å². The number of hydrogen-bond donors (Lipinski definition) is 1. The van der Waals surface area contributed by atoms with Crippen LogP contribution in [0.15, 0.2) is 30.5 Å². The Bertz CT molecular complexity index is 563. The van der Waals surface area contributed by atoms with Crippen LogP contribution in [0.2, 0.25) is 0 Å². The summed E-state index contributed by atoms with van der Waals surface area (Å²) in [6, 6.07) is 8.76. The van der Waals surface area contributed by atoms with Crippen LogP contribution in [0.1, 0.15) is 29.8 Å². The summed E-state index contributed by atoms with van der Waals surface area (Å²) in [7, 11) is 1.72. The third-order valence-corrected chi connectivity index (χ3v) is 3.27. The predicted octanol–water partition coefficient (Wildman–Crippen LogP) is 3.32. The van der Waals surface area contributed by atoms with E-state index in [1.165, 1.54) is 11.1 Å². The number of anilines is 1. The van der Waals surface area contributed by atoms with E-state index in [1.54, 1.807) is 7.11 Å². The van der Waals surface area contributed by atoms with Crippen LogP contribution in [0.3, 0.4) is 0 Å². The van der Waals surface area contributed by atoms with Crippen molar-refractivity contribution in [2.24, 2.45) is 0 Å². The molecule has 0 saturated carbocycles. The molecule has 0 fully saturated rings. The highest BCUT2D eigenvalue weighted by Gasteiger charge is 2.11. The lowest BCUT2D eigenvalue weighted by atomic mass is 10.1. The SMILES string of the molecule is COCC(C)n1cc(C)nc1NCc1cccc(C)c1. The van der Waals surface area contributed by atoms with Crippen LogP contribution in [0.5, 0.6) is 0 Å². The number of nitrogens with one attached hydrogen (secondary N) is 1. The second-order valence-corrected chi connectivity index (χ2v) is 5.26. The third-order valence-electron chi connectivity index (χ3n) is 3.27. The molecular formula is C16H23N3O. The lowest BCUT2D eigenvalue weighted by molar-refractivity contribution is 0.163. The molecule has 1 N–H and O–H groups in total. The van der Waals surface area contributed by atoms with E-state index >= 15 is 0 Å². The topological polar surface area (TPSA) is 39.1 Å². The summed E-state index contributed by atoms with van der Waals surface area (Å²) in [4.78, 5) is 4.55. The zero-order valence-electron chi connectivity index (χ0n) is 12.7. The summed E-state index contributed by atoms with van der Waals surface area (Å²) in [5, 5.41) is 3.41. The molecular weight excluding hydrogens is 250 g/mol. The van der Waals surface area contributed by atoms with Gasteiger partial charge in [-0.3, -0.25) is 0 Å². The standard InChI is InChI=1S/C16H23N3O/c1-12-6-5-7-15(8-12)9-17-16-18-13(2)10-19(16)14(3)11-20-4/h5-8,10,14H,9,11H2,1-4H3,(H,17,18). The normalized spacial score (nSPS) is 12.4. The van der Waals surface area contributed by atoms with E-state index in [9.17, 15) is 0 Å². The lowest BCUT2D eigenvalue weighted by Crippen LogP contribution is -2.14. The number of hydrogen-bond acceptors (Lipinski definition) is 3. The first-order valence-corrected chi connectivity index (χ1v) is 6.94. The molecule has 108 valence electrons. The zero-order chi connectivity index (χ0) is 14.5. The van der Waals surface area contributed by atoms with Crippen molar-refractivity contribution in [1.82, 2.24) is 9.55 Å². The van der Waals surface area contributed by atoms with Gasteiger partial charge in [0.15, 0.2) is 0 Å². The summed E-state index contributed by atoms with van der Waals surface area (Å²) >= 11 is 0. The van der Waals surface area contributed by atoms with E-state index in [0.717, 1.165) is 18.2 Å². The number of aryl methyl sites for hydroxylation is 2. The van der Waals surface area contributed by atoms with Gasteiger partial charge in [-0.25, -0.2) is 4.98 Å². The molecule has 2 aromatic rings. The minimum atomic E-state index is 0.265. The number of ether oxygens (including phenoxy) is 1. The van der Waals surface area contributed by atoms with E-state index in [2.05, 4.69) is 59.2 Å².